The van der Waals surface area contributed by atoms with Gasteiger partial charge in [-0.3, -0.25) is 9.59 Å². The summed E-state index contributed by atoms with van der Waals surface area (Å²) in [5, 5.41) is 5.79. The minimum atomic E-state index is 0.110. The van der Waals surface area contributed by atoms with Crippen LogP contribution in [0.2, 0.25) is 0 Å². The van der Waals surface area contributed by atoms with Gasteiger partial charge >= 0.3 is 0 Å². The molecule has 0 radical (unpaired) electrons. The molecule has 0 saturated carbocycles. The molecule has 4 nitrogen and oxygen atoms in total. The summed E-state index contributed by atoms with van der Waals surface area (Å²) in [5.74, 6) is 0.953. The highest BCUT2D eigenvalue weighted by molar-refractivity contribution is 14.1. The molecule has 0 aliphatic carbocycles. The summed E-state index contributed by atoms with van der Waals surface area (Å²) in [6.07, 6.45) is 6.20. The zero-order valence-corrected chi connectivity index (χ0v) is 15.9. The van der Waals surface area contributed by atoms with Crippen LogP contribution in [-0.2, 0) is 9.59 Å². The summed E-state index contributed by atoms with van der Waals surface area (Å²) < 4.78 is 0.531. The van der Waals surface area contributed by atoms with Gasteiger partial charge in [-0.25, -0.2) is 0 Å². The van der Waals surface area contributed by atoms with Gasteiger partial charge in [-0.2, -0.15) is 0 Å². The number of nitrogens with one attached hydrogen (secondary N) is 2. The van der Waals surface area contributed by atoms with E-state index in [0.29, 0.717) is 35.8 Å². The number of carbonyl (C=O) groups excluding carboxylic acids is 2. The van der Waals surface area contributed by atoms with Crippen molar-refractivity contribution >= 4 is 34.4 Å². The molecule has 0 fully saturated rings. The molecule has 2 N–H and O–H groups in total. The zero-order chi connectivity index (χ0) is 16.1. The average molecular weight is 410 g/mol. The molecule has 0 aliphatic heterocycles. The van der Waals surface area contributed by atoms with Crippen molar-refractivity contribution in [3.8, 4) is 0 Å². The number of hydrogen-bond donors (Lipinski definition) is 2. The van der Waals surface area contributed by atoms with Gasteiger partial charge in [0.2, 0.25) is 11.8 Å². The molecular formula is C16H31IN2O2. The topological polar surface area (TPSA) is 58.2 Å². The van der Waals surface area contributed by atoms with Crippen LogP contribution in [0.15, 0.2) is 0 Å². The van der Waals surface area contributed by atoms with E-state index in [4.69, 9.17) is 0 Å². The third kappa shape index (κ3) is 15.9. The van der Waals surface area contributed by atoms with Gasteiger partial charge in [-0.1, -0.05) is 56.2 Å². The molecule has 0 bridgehead atoms. The first-order valence-electron chi connectivity index (χ1n) is 8.09. The van der Waals surface area contributed by atoms with Gasteiger partial charge in [0.25, 0.3) is 0 Å². The second kappa shape index (κ2) is 13.3. The molecule has 0 aliphatic rings. The molecule has 0 aromatic rings. The highest BCUT2D eigenvalue weighted by Crippen LogP contribution is 2.08. The van der Waals surface area contributed by atoms with E-state index in [2.05, 4.69) is 54.0 Å². The molecule has 0 heterocycles. The van der Waals surface area contributed by atoms with E-state index in [-0.39, 0.29) is 11.8 Å². The summed E-state index contributed by atoms with van der Waals surface area (Å²) in [7, 11) is 0. The van der Waals surface area contributed by atoms with Gasteiger partial charge in [-0.05, 0) is 25.2 Å². The predicted octanol–water partition coefficient (Wildman–Crippen LogP) is 3.43. The van der Waals surface area contributed by atoms with Crippen LogP contribution in [0.25, 0.3) is 0 Å². The lowest BCUT2D eigenvalue weighted by Crippen LogP contribution is -2.29. The highest BCUT2D eigenvalue weighted by atomic mass is 127. The molecule has 1 atom stereocenters. The summed E-state index contributed by atoms with van der Waals surface area (Å²) in [6, 6.07) is 0. The first-order valence-corrected chi connectivity index (χ1v) is 9.33. The van der Waals surface area contributed by atoms with E-state index >= 15 is 0 Å². The Morgan fingerprint density at radius 2 is 1.43 bits per heavy atom. The largest absolute Gasteiger partial charge is 0.356 e. The fraction of sp³-hybridized carbons (Fsp3) is 0.875. The van der Waals surface area contributed by atoms with Crippen LogP contribution in [0.3, 0.4) is 0 Å². The Morgan fingerprint density at radius 3 is 1.95 bits per heavy atom. The third-order valence-electron chi connectivity index (χ3n) is 3.20. The van der Waals surface area contributed by atoms with E-state index in [1.807, 2.05) is 0 Å². The molecule has 124 valence electrons. The fourth-order valence-corrected chi connectivity index (χ4v) is 2.20. The van der Waals surface area contributed by atoms with E-state index in [9.17, 15) is 9.59 Å². The smallest absolute Gasteiger partial charge is 0.220 e. The lowest BCUT2D eigenvalue weighted by Gasteiger charge is -2.08. The van der Waals surface area contributed by atoms with Crippen molar-refractivity contribution in [3.63, 3.8) is 0 Å². The van der Waals surface area contributed by atoms with E-state index in [0.717, 1.165) is 25.7 Å². The lowest BCUT2D eigenvalue weighted by atomic mass is 10.1. The number of hydrogen-bond acceptors (Lipinski definition) is 2. The Kier molecular flexibility index (Phi) is 13.1. The first-order chi connectivity index (χ1) is 9.91. The van der Waals surface area contributed by atoms with Crippen LogP contribution in [0.4, 0.5) is 0 Å². The van der Waals surface area contributed by atoms with Gasteiger partial charge in [0.15, 0.2) is 0 Å². The zero-order valence-electron chi connectivity index (χ0n) is 13.7. The molecular weight excluding hydrogens is 379 g/mol. The Balaban J connectivity index is 3.37. The summed E-state index contributed by atoms with van der Waals surface area (Å²) in [6.45, 7) is 7.79. The molecule has 5 heteroatoms. The Hall–Kier alpha value is -0.330. The van der Waals surface area contributed by atoms with Gasteiger partial charge in [-0.15, -0.1) is 0 Å². The molecule has 0 rings (SSSR count). The van der Waals surface area contributed by atoms with Crippen molar-refractivity contribution in [2.24, 2.45) is 5.92 Å². The highest BCUT2D eigenvalue weighted by Gasteiger charge is 2.04. The van der Waals surface area contributed by atoms with Crippen molar-refractivity contribution in [2.75, 3.05) is 13.1 Å². The maximum Gasteiger partial charge on any atom is 0.220 e. The second-order valence-electron chi connectivity index (χ2n) is 6.01. The van der Waals surface area contributed by atoms with Crippen LogP contribution >= 0.6 is 22.6 Å². The van der Waals surface area contributed by atoms with Crippen molar-refractivity contribution < 1.29 is 9.59 Å². The molecule has 2 amide bonds. The van der Waals surface area contributed by atoms with Crippen molar-refractivity contribution in [3.05, 3.63) is 0 Å². The van der Waals surface area contributed by atoms with E-state index in [1.165, 1.54) is 6.42 Å². The van der Waals surface area contributed by atoms with Crippen LogP contribution in [0.5, 0.6) is 0 Å². The van der Waals surface area contributed by atoms with Crippen molar-refractivity contribution in [1.82, 2.24) is 10.6 Å². The van der Waals surface area contributed by atoms with Gasteiger partial charge in [0, 0.05) is 29.9 Å². The quantitative estimate of drug-likeness (QED) is 0.294. The SMILES string of the molecule is CC(C)CCCCC(=O)NCCCNC(=O)CCC(C)I. The Morgan fingerprint density at radius 1 is 0.857 bits per heavy atom. The normalized spacial score (nSPS) is 12.2. The standard InChI is InChI=1S/C16H31IN2O2/c1-13(2)7-4-5-8-15(20)18-11-6-12-19-16(21)10-9-14(3)17/h13-14H,4-12H2,1-3H3,(H,18,20)(H,19,21). The minimum Gasteiger partial charge on any atom is -0.356 e. The van der Waals surface area contributed by atoms with Crippen LogP contribution in [-0.4, -0.2) is 28.8 Å². The van der Waals surface area contributed by atoms with Crippen LogP contribution < -0.4 is 10.6 Å². The maximum absolute atomic E-state index is 11.6. The van der Waals surface area contributed by atoms with E-state index in [1.54, 1.807) is 0 Å². The summed E-state index contributed by atoms with van der Waals surface area (Å²) in [5.41, 5.74) is 0. The van der Waals surface area contributed by atoms with Crippen LogP contribution in [0, 0.1) is 5.92 Å². The molecule has 21 heavy (non-hydrogen) atoms. The number of carbonyl (C=O) groups is 2. The van der Waals surface area contributed by atoms with Gasteiger partial charge < -0.3 is 10.6 Å². The molecule has 0 aromatic heterocycles. The maximum atomic E-state index is 11.6. The molecule has 0 spiro atoms. The second-order valence-corrected chi connectivity index (χ2v) is 8.14. The van der Waals surface area contributed by atoms with Gasteiger partial charge in [0.05, 0.1) is 0 Å². The lowest BCUT2D eigenvalue weighted by molar-refractivity contribution is -0.121. The first kappa shape index (κ1) is 20.7. The summed E-state index contributed by atoms with van der Waals surface area (Å²) >= 11 is 2.32. The Labute approximate surface area is 143 Å². The minimum absolute atomic E-state index is 0.110. The summed E-state index contributed by atoms with van der Waals surface area (Å²) in [4.78, 5) is 23.0. The monoisotopic (exact) mass is 410 g/mol. The van der Waals surface area contributed by atoms with Crippen molar-refractivity contribution in [1.29, 1.82) is 0 Å². The van der Waals surface area contributed by atoms with E-state index < -0.39 is 0 Å². The molecule has 0 saturated heterocycles. The predicted molar refractivity (Wildman–Crippen MR) is 96.7 cm³/mol. The van der Waals surface area contributed by atoms with Crippen molar-refractivity contribution in [2.45, 2.75) is 69.6 Å². The number of amides is 2. The number of halogens is 1. The van der Waals surface area contributed by atoms with Crippen LogP contribution in [0.1, 0.15) is 65.7 Å². The van der Waals surface area contributed by atoms with Gasteiger partial charge in [0.1, 0.15) is 0 Å². The number of unbranched alkanes of at least 4 members (excludes halogenated alkanes) is 1. The molecule has 0 aromatic carbocycles. The number of alkyl halides is 1. The average Bonchev–Trinajstić information content (AvgIpc) is 2.40. The molecule has 1 unspecified atom stereocenters. The third-order valence-corrected chi connectivity index (χ3v) is 3.83. The Bertz CT molecular complexity index is 294. The fourth-order valence-electron chi connectivity index (χ4n) is 1.89. The number of rotatable bonds is 12.